The first-order chi connectivity index (χ1) is 11.1. The fraction of sp³-hybridized carbons (Fsp3) is 0.529. The van der Waals surface area contributed by atoms with Crippen LogP contribution >= 0.6 is 11.6 Å². The summed E-state index contributed by atoms with van der Waals surface area (Å²) >= 11 is 5.81. The molecule has 0 radical (unpaired) electrons. The molecule has 1 aromatic carbocycles. The third kappa shape index (κ3) is 5.43. The summed E-state index contributed by atoms with van der Waals surface area (Å²) in [6.45, 7) is 3.57. The molecular formula is C17H22ClNO4. The van der Waals surface area contributed by atoms with Gasteiger partial charge in [-0.05, 0) is 30.5 Å². The second kappa shape index (κ2) is 8.77. The van der Waals surface area contributed by atoms with Crippen molar-refractivity contribution < 1.29 is 19.1 Å². The molecule has 23 heavy (non-hydrogen) atoms. The van der Waals surface area contributed by atoms with E-state index >= 15 is 0 Å². The molecule has 0 saturated carbocycles. The van der Waals surface area contributed by atoms with E-state index in [1.165, 1.54) is 0 Å². The van der Waals surface area contributed by atoms with Crippen molar-refractivity contribution in [2.75, 3.05) is 19.7 Å². The number of likely N-dealkylation sites (tertiary alicyclic amines) is 1. The van der Waals surface area contributed by atoms with Crippen LogP contribution in [0.3, 0.4) is 0 Å². The number of hydrogen-bond donors (Lipinski definition) is 0. The maximum atomic E-state index is 12.0. The van der Waals surface area contributed by atoms with Gasteiger partial charge in [0.25, 0.3) is 0 Å². The highest BCUT2D eigenvalue weighted by Crippen LogP contribution is 2.19. The number of carbonyl (C=O) groups excluding carboxylic acids is 2. The van der Waals surface area contributed by atoms with Crippen molar-refractivity contribution in [3.63, 3.8) is 0 Å². The third-order valence-corrected chi connectivity index (χ3v) is 4.05. The number of ether oxygens (including phenoxy) is 2. The maximum absolute atomic E-state index is 12.0. The van der Waals surface area contributed by atoms with Gasteiger partial charge in [-0.1, -0.05) is 37.1 Å². The van der Waals surface area contributed by atoms with E-state index in [4.69, 9.17) is 21.1 Å². The average Bonchev–Trinajstić information content (AvgIpc) is 3.04. The molecule has 5 nitrogen and oxygen atoms in total. The summed E-state index contributed by atoms with van der Waals surface area (Å²) in [7, 11) is 0. The van der Waals surface area contributed by atoms with E-state index in [0.29, 0.717) is 31.1 Å². The maximum Gasteiger partial charge on any atom is 0.410 e. The Labute approximate surface area is 141 Å². The van der Waals surface area contributed by atoms with Gasteiger partial charge >= 0.3 is 12.1 Å². The van der Waals surface area contributed by atoms with Crippen LogP contribution in [0.25, 0.3) is 0 Å². The summed E-state index contributed by atoms with van der Waals surface area (Å²) < 4.78 is 10.5. The number of halogens is 1. The quantitative estimate of drug-likeness (QED) is 0.586. The van der Waals surface area contributed by atoms with Gasteiger partial charge in [-0.25, -0.2) is 4.79 Å². The van der Waals surface area contributed by atoms with Crippen molar-refractivity contribution in [2.24, 2.45) is 5.92 Å². The topological polar surface area (TPSA) is 55.8 Å². The van der Waals surface area contributed by atoms with Crippen molar-refractivity contribution in [1.29, 1.82) is 0 Å². The summed E-state index contributed by atoms with van der Waals surface area (Å²) in [5.74, 6) is -0.457. The van der Waals surface area contributed by atoms with E-state index in [1.807, 2.05) is 19.1 Å². The molecule has 0 aromatic heterocycles. The molecule has 126 valence electrons. The van der Waals surface area contributed by atoms with E-state index in [2.05, 4.69) is 0 Å². The Balaban J connectivity index is 1.74. The van der Waals surface area contributed by atoms with E-state index in [1.54, 1.807) is 17.0 Å². The molecule has 2 rings (SSSR count). The Bertz CT molecular complexity index is 532. The first-order valence-electron chi connectivity index (χ1n) is 7.93. The highest BCUT2D eigenvalue weighted by atomic mass is 35.5. The minimum atomic E-state index is -0.399. The zero-order chi connectivity index (χ0) is 16.7. The predicted octanol–water partition coefficient (Wildman–Crippen LogP) is 3.64. The van der Waals surface area contributed by atoms with Gasteiger partial charge in [-0.15, -0.1) is 0 Å². The van der Waals surface area contributed by atoms with Crippen LogP contribution in [0.5, 0.6) is 0 Å². The molecule has 1 heterocycles. The first kappa shape index (κ1) is 17.6. The number of hydrogen-bond acceptors (Lipinski definition) is 4. The molecule has 1 amide bonds. The van der Waals surface area contributed by atoms with Crippen LogP contribution < -0.4 is 0 Å². The molecule has 1 saturated heterocycles. The molecule has 1 aliphatic heterocycles. The molecule has 6 heteroatoms. The molecule has 1 fully saturated rings. The van der Waals surface area contributed by atoms with Gasteiger partial charge in [0.2, 0.25) is 0 Å². The number of unbranched alkanes of at least 4 members (excludes halogenated alkanes) is 1. The lowest BCUT2D eigenvalue weighted by molar-refractivity contribution is -0.148. The van der Waals surface area contributed by atoms with Gasteiger partial charge in [-0.3, -0.25) is 4.79 Å². The summed E-state index contributed by atoms with van der Waals surface area (Å²) in [5.41, 5.74) is 0.873. The predicted molar refractivity (Wildman–Crippen MR) is 87.2 cm³/mol. The van der Waals surface area contributed by atoms with Crippen LogP contribution in [0.1, 0.15) is 31.7 Å². The van der Waals surface area contributed by atoms with E-state index in [0.717, 1.165) is 18.4 Å². The van der Waals surface area contributed by atoms with Gasteiger partial charge in [0.05, 0.1) is 12.5 Å². The lowest BCUT2D eigenvalue weighted by Gasteiger charge is -2.16. The molecule has 0 bridgehead atoms. The van der Waals surface area contributed by atoms with E-state index in [9.17, 15) is 9.59 Å². The van der Waals surface area contributed by atoms with Gasteiger partial charge in [0, 0.05) is 18.1 Å². The van der Waals surface area contributed by atoms with Crippen LogP contribution in [0.4, 0.5) is 4.79 Å². The molecule has 0 spiro atoms. The minimum absolute atomic E-state index is 0.193. The Hall–Kier alpha value is -1.75. The average molecular weight is 340 g/mol. The number of amides is 1. The summed E-state index contributed by atoms with van der Waals surface area (Å²) in [5, 5.41) is 0.643. The van der Waals surface area contributed by atoms with Crippen LogP contribution in [-0.4, -0.2) is 36.7 Å². The number of esters is 1. The standard InChI is InChI=1S/C17H22ClNO4/c1-2-3-10-22-16(20)14-8-9-19(11-14)17(21)23-12-13-4-6-15(18)7-5-13/h4-7,14H,2-3,8-12H2,1H3. The molecule has 0 aliphatic carbocycles. The van der Waals surface area contributed by atoms with Crippen LogP contribution in [-0.2, 0) is 20.9 Å². The zero-order valence-corrected chi connectivity index (χ0v) is 14.1. The Morgan fingerprint density at radius 3 is 2.70 bits per heavy atom. The number of carbonyl (C=O) groups is 2. The summed E-state index contributed by atoms with van der Waals surface area (Å²) in [6.07, 6.45) is 2.08. The molecule has 1 atom stereocenters. The van der Waals surface area contributed by atoms with Crippen LogP contribution in [0.2, 0.25) is 5.02 Å². The summed E-state index contributed by atoms with van der Waals surface area (Å²) in [4.78, 5) is 25.5. The normalized spacial score (nSPS) is 17.1. The highest BCUT2D eigenvalue weighted by molar-refractivity contribution is 6.30. The molecule has 1 aliphatic rings. The largest absolute Gasteiger partial charge is 0.465 e. The lowest BCUT2D eigenvalue weighted by Crippen LogP contribution is -2.30. The Morgan fingerprint density at radius 1 is 1.26 bits per heavy atom. The van der Waals surface area contributed by atoms with E-state index < -0.39 is 6.09 Å². The molecular weight excluding hydrogens is 318 g/mol. The fourth-order valence-corrected chi connectivity index (χ4v) is 2.50. The fourth-order valence-electron chi connectivity index (χ4n) is 2.37. The van der Waals surface area contributed by atoms with Crippen LogP contribution in [0, 0.1) is 5.92 Å². The molecule has 1 aromatic rings. The first-order valence-corrected chi connectivity index (χ1v) is 8.30. The van der Waals surface area contributed by atoms with Gasteiger partial charge in [0.1, 0.15) is 6.61 Å². The number of rotatable bonds is 6. The van der Waals surface area contributed by atoms with Gasteiger partial charge in [0.15, 0.2) is 0 Å². The third-order valence-electron chi connectivity index (χ3n) is 3.80. The second-order valence-electron chi connectivity index (χ2n) is 5.63. The highest BCUT2D eigenvalue weighted by Gasteiger charge is 2.32. The zero-order valence-electron chi connectivity index (χ0n) is 13.3. The Morgan fingerprint density at radius 2 is 2.00 bits per heavy atom. The monoisotopic (exact) mass is 339 g/mol. The minimum Gasteiger partial charge on any atom is -0.465 e. The SMILES string of the molecule is CCCCOC(=O)C1CCN(C(=O)OCc2ccc(Cl)cc2)C1. The number of benzene rings is 1. The van der Waals surface area contributed by atoms with Crippen molar-refractivity contribution in [3.05, 3.63) is 34.9 Å². The number of nitrogens with zero attached hydrogens (tertiary/aromatic N) is 1. The lowest BCUT2D eigenvalue weighted by atomic mass is 10.1. The second-order valence-corrected chi connectivity index (χ2v) is 6.07. The van der Waals surface area contributed by atoms with Gasteiger partial charge in [-0.2, -0.15) is 0 Å². The van der Waals surface area contributed by atoms with Crippen molar-refractivity contribution in [3.8, 4) is 0 Å². The smallest absolute Gasteiger partial charge is 0.410 e. The summed E-state index contributed by atoms with van der Waals surface area (Å²) in [6, 6.07) is 7.13. The van der Waals surface area contributed by atoms with Crippen molar-refractivity contribution in [2.45, 2.75) is 32.8 Å². The van der Waals surface area contributed by atoms with Crippen molar-refractivity contribution >= 4 is 23.7 Å². The van der Waals surface area contributed by atoms with Gasteiger partial charge < -0.3 is 14.4 Å². The van der Waals surface area contributed by atoms with E-state index in [-0.39, 0.29) is 18.5 Å². The Kier molecular flexibility index (Phi) is 6.71. The van der Waals surface area contributed by atoms with Crippen molar-refractivity contribution in [1.82, 2.24) is 4.90 Å². The molecule has 0 N–H and O–H groups in total. The molecule has 1 unspecified atom stereocenters. The van der Waals surface area contributed by atoms with Crippen LogP contribution in [0.15, 0.2) is 24.3 Å².